The summed E-state index contributed by atoms with van der Waals surface area (Å²) in [5.41, 5.74) is -1.95. The van der Waals surface area contributed by atoms with Gasteiger partial charge in [-0.3, -0.25) is 10.1 Å². The van der Waals surface area contributed by atoms with E-state index in [-0.39, 0.29) is 24.6 Å². The molecule has 30 heavy (non-hydrogen) atoms. The van der Waals surface area contributed by atoms with Crippen molar-refractivity contribution in [1.29, 1.82) is 5.26 Å². The van der Waals surface area contributed by atoms with Crippen LogP contribution in [0.3, 0.4) is 0 Å². The van der Waals surface area contributed by atoms with E-state index < -0.39 is 46.1 Å². The number of nitrogens with zero attached hydrogens (tertiary/aromatic N) is 3. The zero-order valence-corrected chi connectivity index (χ0v) is 15.5. The fraction of sp³-hybridized carbons (Fsp3) is 0.316. The van der Waals surface area contributed by atoms with Crippen LogP contribution in [0.15, 0.2) is 36.4 Å². The van der Waals surface area contributed by atoms with Crippen molar-refractivity contribution in [3.8, 4) is 11.8 Å². The second-order valence-corrected chi connectivity index (χ2v) is 6.53. The summed E-state index contributed by atoms with van der Waals surface area (Å²) in [6.07, 6.45) is -5.78. The van der Waals surface area contributed by atoms with Gasteiger partial charge < -0.3 is 14.4 Å². The lowest BCUT2D eigenvalue weighted by molar-refractivity contribution is -0.387. The van der Waals surface area contributed by atoms with Crippen LogP contribution in [-0.2, 0) is 10.9 Å². The molecule has 2 aromatic carbocycles. The predicted octanol–water partition coefficient (Wildman–Crippen LogP) is 4.25. The third-order valence-corrected chi connectivity index (χ3v) is 4.54. The van der Waals surface area contributed by atoms with Crippen LogP contribution in [0.4, 0.5) is 28.9 Å². The normalized spacial score (nSPS) is 18.9. The lowest BCUT2D eigenvalue weighted by Gasteiger charge is -2.23. The maximum Gasteiger partial charge on any atom is 0.417 e. The monoisotopic (exact) mass is 425 g/mol. The van der Waals surface area contributed by atoms with E-state index in [0.717, 1.165) is 24.3 Å². The fourth-order valence-electron chi connectivity index (χ4n) is 3.13. The average molecular weight is 425 g/mol. The van der Waals surface area contributed by atoms with Crippen molar-refractivity contribution in [2.75, 3.05) is 18.1 Å². The van der Waals surface area contributed by atoms with Gasteiger partial charge in [-0.15, -0.1) is 0 Å². The molecule has 2 atom stereocenters. The maximum absolute atomic E-state index is 13.7. The summed E-state index contributed by atoms with van der Waals surface area (Å²) >= 11 is 0. The zero-order valence-electron chi connectivity index (χ0n) is 15.5. The predicted molar refractivity (Wildman–Crippen MR) is 96.4 cm³/mol. The molecule has 0 unspecified atom stereocenters. The molecule has 0 bridgehead atoms. The van der Waals surface area contributed by atoms with E-state index in [1.807, 2.05) is 0 Å². The number of benzene rings is 2. The highest BCUT2D eigenvalue weighted by Crippen LogP contribution is 2.36. The number of nitro groups is 1. The van der Waals surface area contributed by atoms with Gasteiger partial charge in [0.1, 0.15) is 24.7 Å². The summed E-state index contributed by atoms with van der Waals surface area (Å²) in [5.74, 6) is -0.984. The molecule has 0 saturated carbocycles. The molecule has 0 spiro atoms. The Morgan fingerprint density at radius 3 is 2.67 bits per heavy atom. The number of alkyl halides is 3. The van der Waals surface area contributed by atoms with E-state index >= 15 is 0 Å². The molecule has 11 heteroatoms. The van der Waals surface area contributed by atoms with Crippen molar-refractivity contribution in [3.05, 3.63) is 63.5 Å². The SMILES string of the molecule is C[C@H]1O[C@H](COc2ccc([N+](=O)[O-])c(F)c2)CN1c1ccc(C#N)c(C(F)(F)F)c1. The molecule has 1 fully saturated rings. The van der Waals surface area contributed by atoms with Gasteiger partial charge in [0.2, 0.25) is 5.82 Å². The molecule has 0 amide bonds. The van der Waals surface area contributed by atoms with Crippen LogP contribution < -0.4 is 9.64 Å². The zero-order chi connectivity index (χ0) is 22.1. The van der Waals surface area contributed by atoms with Crippen molar-refractivity contribution in [2.45, 2.75) is 25.4 Å². The van der Waals surface area contributed by atoms with Crippen LogP contribution in [0.25, 0.3) is 0 Å². The molecular weight excluding hydrogens is 410 g/mol. The van der Waals surface area contributed by atoms with Crippen molar-refractivity contribution in [1.82, 2.24) is 0 Å². The van der Waals surface area contributed by atoms with Gasteiger partial charge in [0, 0.05) is 17.8 Å². The highest BCUT2D eigenvalue weighted by molar-refractivity contribution is 5.55. The molecule has 0 aliphatic carbocycles. The summed E-state index contributed by atoms with van der Waals surface area (Å²) in [6.45, 7) is 1.80. The van der Waals surface area contributed by atoms with Crippen LogP contribution in [-0.4, -0.2) is 30.4 Å². The maximum atomic E-state index is 13.7. The van der Waals surface area contributed by atoms with Gasteiger partial charge >= 0.3 is 11.9 Å². The first kappa shape index (κ1) is 21.3. The number of ether oxygens (including phenoxy) is 2. The first-order valence-corrected chi connectivity index (χ1v) is 8.70. The largest absolute Gasteiger partial charge is 0.491 e. The van der Waals surface area contributed by atoms with Gasteiger partial charge in [-0.05, 0) is 31.2 Å². The minimum absolute atomic E-state index is 0.0412. The molecule has 0 aromatic heterocycles. The Balaban J connectivity index is 1.70. The summed E-state index contributed by atoms with van der Waals surface area (Å²) in [6, 6.07) is 8.04. The standard InChI is InChI=1S/C19H15F4N3O4/c1-11-25(13-3-2-12(8-24)16(6-13)19(21,22)23)9-15(30-11)10-29-14-4-5-18(26(27)28)17(20)7-14/h2-7,11,15H,9-10H2,1H3/t11-,15+/m1/s1. The fourth-order valence-corrected chi connectivity index (χ4v) is 3.13. The van der Waals surface area contributed by atoms with Gasteiger partial charge in [-0.2, -0.15) is 22.8 Å². The molecule has 158 valence electrons. The Morgan fingerprint density at radius 2 is 2.07 bits per heavy atom. The number of nitriles is 1. The topological polar surface area (TPSA) is 88.6 Å². The second kappa shape index (κ2) is 8.16. The lowest BCUT2D eigenvalue weighted by Crippen LogP contribution is -2.28. The molecular formula is C19H15F4N3O4. The van der Waals surface area contributed by atoms with Crippen LogP contribution >= 0.6 is 0 Å². The molecule has 1 saturated heterocycles. The first-order valence-electron chi connectivity index (χ1n) is 8.70. The number of anilines is 1. The average Bonchev–Trinajstić information content (AvgIpc) is 3.05. The third-order valence-electron chi connectivity index (χ3n) is 4.54. The van der Waals surface area contributed by atoms with Gasteiger partial charge in [-0.1, -0.05) is 0 Å². The minimum Gasteiger partial charge on any atom is -0.491 e. The molecule has 2 aromatic rings. The highest BCUT2D eigenvalue weighted by Gasteiger charge is 2.36. The van der Waals surface area contributed by atoms with E-state index in [4.69, 9.17) is 14.7 Å². The molecule has 0 N–H and O–H groups in total. The van der Waals surface area contributed by atoms with Gasteiger partial charge in [0.25, 0.3) is 0 Å². The lowest BCUT2D eigenvalue weighted by atomic mass is 10.1. The van der Waals surface area contributed by atoms with E-state index in [9.17, 15) is 27.7 Å². The Morgan fingerprint density at radius 1 is 1.33 bits per heavy atom. The Hall–Kier alpha value is -3.39. The Bertz CT molecular complexity index is 1010. The number of rotatable bonds is 5. The summed E-state index contributed by atoms with van der Waals surface area (Å²) < 4.78 is 64.4. The Kier molecular flexibility index (Phi) is 5.80. The van der Waals surface area contributed by atoms with E-state index in [1.165, 1.54) is 18.2 Å². The second-order valence-electron chi connectivity index (χ2n) is 6.53. The minimum atomic E-state index is -4.67. The van der Waals surface area contributed by atoms with Crippen LogP contribution in [0, 0.1) is 27.3 Å². The van der Waals surface area contributed by atoms with Gasteiger partial charge in [0.15, 0.2) is 0 Å². The van der Waals surface area contributed by atoms with Crippen molar-refractivity contribution in [2.24, 2.45) is 0 Å². The molecule has 7 nitrogen and oxygen atoms in total. The number of hydrogen-bond donors (Lipinski definition) is 0. The van der Waals surface area contributed by atoms with Crippen LogP contribution in [0.2, 0.25) is 0 Å². The van der Waals surface area contributed by atoms with Crippen molar-refractivity contribution in [3.63, 3.8) is 0 Å². The summed E-state index contributed by atoms with van der Waals surface area (Å²) in [5, 5.41) is 19.6. The summed E-state index contributed by atoms with van der Waals surface area (Å²) in [4.78, 5) is 11.4. The molecule has 0 radical (unpaired) electrons. The smallest absolute Gasteiger partial charge is 0.417 e. The number of nitro benzene ring substituents is 1. The summed E-state index contributed by atoms with van der Waals surface area (Å²) in [7, 11) is 0. The van der Waals surface area contributed by atoms with Crippen LogP contribution in [0.1, 0.15) is 18.1 Å². The van der Waals surface area contributed by atoms with E-state index in [1.54, 1.807) is 11.8 Å². The molecule has 1 aliphatic rings. The third kappa shape index (κ3) is 4.44. The van der Waals surface area contributed by atoms with E-state index in [2.05, 4.69) is 0 Å². The molecule has 1 heterocycles. The molecule has 3 rings (SSSR count). The van der Waals surface area contributed by atoms with Crippen LogP contribution in [0.5, 0.6) is 5.75 Å². The Labute approximate surface area is 168 Å². The number of halogens is 4. The van der Waals surface area contributed by atoms with Gasteiger partial charge in [0.05, 0.1) is 28.7 Å². The highest BCUT2D eigenvalue weighted by atomic mass is 19.4. The quantitative estimate of drug-likeness (QED) is 0.404. The van der Waals surface area contributed by atoms with Gasteiger partial charge in [-0.25, -0.2) is 0 Å². The first-order chi connectivity index (χ1) is 14.1. The van der Waals surface area contributed by atoms with Crippen molar-refractivity contribution < 1.29 is 32.0 Å². The molecule has 1 aliphatic heterocycles. The number of hydrogen-bond acceptors (Lipinski definition) is 6. The van der Waals surface area contributed by atoms with E-state index in [0.29, 0.717) is 0 Å². The van der Waals surface area contributed by atoms with Crippen molar-refractivity contribution >= 4 is 11.4 Å².